The third-order valence-corrected chi connectivity index (χ3v) is 7.40. The lowest BCUT2D eigenvalue weighted by molar-refractivity contribution is -0.0717. The SMILES string of the molecule is CSC1CCC(NC2CCOC3(CCSC3)C2)CC1. The zero-order valence-electron chi connectivity index (χ0n) is 12.0. The minimum Gasteiger partial charge on any atom is -0.374 e. The van der Waals surface area contributed by atoms with Gasteiger partial charge in [0.05, 0.1) is 5.60 Å². The molecule has 1 N–H and O–H groups in total. The molecular formula is C15H27NOS2. The second-order valence-corrected chi connectivity index (χ2v) is 8.64. The van der Waals surface area contributed by atoms with E-state index in [9.17, 15) is 0 Å². The summed E-state index contributed by atoms with van der Waals surface area (Å²) in [7, 11) is 0. The number of rotatable bonds is 3. The molecule has 2 heterocycles. The van der Waals surface area contributed by atoms with Gasteiger partial charge in [0.2, 0.25) is 0 Å². The largest absolute Gasteiger partial charge is 0.374 e. The van der Waals surface area contributed by atoms with Crippen LogP contribution < -0.4 is 5.32 Å². The van der Waals surface area contributed by atoms with E-state index in [1.165, 1.54) is 56.5 Å². The van der Waals surface area contributed by atoms with Crippen LogP contribution in [-0.2, 0) is 4.74 Å². The van der Waals surface area contributed by atoms with Gasteiger partial charge >= 0.3 is 0 Å². The molecule has 1 saturated carbocycles. The third-order valence-electron chi connectivity index (χ3n) is 5.04. The molecule has 0 bridgehead atoms. The second-order valence-electron chi connectivity index (χ2n) is 6.40. The Morgan fingerprint density at radius 1 is 1.16 bits per heavy atom. The first kappa shape index (κ1) is 14.6. The smallest absolute Gasteiger partial charge is 0.0795 e. The lowest BCUT2D eigenvalue weighted by Gasteiger charge is -2.40. The highest BCUT2D eigenvalue weighted by Gasteiger charge is 2.40. The van der Waals surface area contributed by atoms with E-state index in [-0.39, 0.29) is 5.60 Å². The van der Waals surface area contributed by atoms with Crippen LogP contribution >= 0.6 is 23.5 Å². The molecule has 0 aromatic carbocycles. The van der Waals surface area contributed by atoms with Gasteiger partial charge in [-0.1, -0.05) is 0 Å². The molecule has 2 unspecified atom stereocenters. The van der Waals surface area contributed by atoms with Gasteiger partial charge < -0.3 is 10.1 Å². The van der Waals surface area contributed by atoms with Gasteiger partial charge in [0, 0.05) is 29.7 Å². The molecule has 2 aliphatic heterocycles. The molecule has 2 nitrogen and oxygen atoms in total. The molecule has 0 aromatic rings. The second kappa shape index (κ2) is 6.59. The summed E-state index contributed by atoms with van der Waals surface area (Å²) in [5.41, 5.74) is 0.233. The van der Waals surface area contributed by atoms with Gasteiger partial charge in [-0.05, 0) is 57.0 Å². The Morgan fingerprint density at radius 2 is 2.00 bits per heavy atom. The van der Waals surface area contributed by atoms with Crippen LogP contribution in [0.1, 0.15) is 44.9 Å². The highest BCUT2D eigenvalue weighted by Crippen LogP contribution is 2.38. The number of hydrogen-bond donors (Lipinski definition) is 1. The van der Waals surface area contributed by atoms with Crippen LogP contribution in [-0.4, -0.2) is 47.3 Å². The van der Waals surface area contributed by atoms with Gasteiger partial charge in [0.1, 0.15) is 0 Å². The van der Waals surface area contributed by atoms with Crippen LogP contribution in [0.3, 0.4) is 0 Å². The fraction of sp³-hybridized carbons (Fsp3) is 1.00. The van der Waals surface area contributed by atoms with Crippen molar-refractivity contribution in [1.82, 2.24) is 5.32 Å². The van der Waals surface area contributed by atoms with Gasteiger partial charge in [-0.3, -0.25) is 0 Å². The molecular weight excluding hydrogens is 274 g/mol. The number of ether oxygens (including phenoxy) is 1. The zero-order chi connectivity index (χ0) is 13.1. The molecule has 3 aliphatic rings. The monoisotopic (exact) mass is 301 g/mol. The number of nitrogens with one attached hydrogen (secondary N) is 1. The number of thioether (sulfide) groups is 2. The van der Waals surface area contributed by atoms with E-state index in [4.69, 9.17) is 4.74 Å². The van der Waals surface area contributed by atoms with Crippen molar-refractivity contribution in [3.63, 3.8) is 0 Å². The van der Waals surface area contributed by atoms with Crippen molar-refractivity contribution in [3.05, 3.63) is 0 Å². The Labute approximate surface area is 126 Å². The molecule has 3 fully saturated rings. The van der Waals surface area contributed by atoms with E-state index in [0.717, 1.165) is 17.9 Å². The van der Waals surface area contributed by atoms with Crippen molar-refractivity contribution in [2.24, 2.45) is 0 Å². The Kier molecular flexibility index (Phi) is 5.05. The van der Waals surface area contributed by atoms with Crippen molar-refractivity contribution >= 4 is 23.5 Å². The number of hydrogen-bond acceptors (Lipinski definition) is 4. The quantitative estimate of drug-likeness (QED) is 0.863. The first-order valence-electron chi connectivity index (χ1n) is 7.80. The van der Waals surface area contributed by atoms with Gasteiger partial charge in [-0.25, -0.2) is 0 Å². The molecule has 2 atom stereocenters. The van der Waals surface area contributed by atoms with Gasteiger partial charge in [-0.15, -0.1) is 0 Å². The van der Waals surface area contributed by atoms with Crippen LogP contribution in [0.4, 0.5) is 0 Å². The maximum Gasteiger partial charge on any atom is 0.0795 e. The molecule has 3 rings (SSSR count). The van der Waals surface area contributed by atoms with E-state index in [0.29, 0.717) is 6.04 Å². The summed E-state index contributed by atoms with van der Waals surface area (Å²) >= 11 is 4.13. The summed E-state index contributed by atoms with van der Waals surface area (Å²) in [6, 6.07) is 1.49. The van der Waals surface area contributed by atoms with E-state index in [1.807, 2.05) is 0 Å². The van der Waals surface area contributed by atoms with Crippen molar-refractivity contribution in [2.75, 3.05) is 24.4 Å². The summed E-state index contributed by atoms with van der Waals surface area (Å²) in [4.78, 5) is 0. The van der Waals surface area contributed by atoms with Crippen LogP contribution in [0.25, 0.3) is 0 Å². The molecule has 2 saturated heterocycles. The predicted molar refractivity (Wildman–Crippen MR) is 86.3 cm³/mol. The fourth-order valence-electron chi connectivity index (χ4n) is 3.83. The molecule has 0 amide bonds. The topological polar surface area (TPSA) is 21.3 Å². The third kappa shape index (κ3) is 3.63. The first-order valence-corrected chi connectivity index (χ1v) is 10.2. The average molecular weight is 302 g/mol. The maximum absolute atomic E-state index is 6.12. The molecule has 0 radical (unpaired) electrons. The summed E-state index contributed by atoms with van der Waals surface area (Å²) in [6.45, 7) is 0.971. The van der Waals surface area contributed by atoms with Crippen LogP contribution in [0.15, 0.2) is 0 Å². The lowest BCUT2D eigenvalue weighted by atomic mass is 9.88. The average Bonchev–Trinajstić information content (AvgIpc) is 2.88. The Balaban J connectivity index is 1.47. The van der Waals surface area contributed by atoms with Gasteiger partial charge in [0.15, 0.2) is 0 Å². The minimum atomic E-state index is 0.233. The van der Waals surface area contributed by atoms with Crippen molar-refractivity contribution in [3.8, 4) is 0 Å². The van der Waals surface area contributed by atoms with Crippen LogP contribution in [0.2, 0.25) is 0 Å². The van der Waals surface area contributed by atoms with E-state index in [2.05, 4.69) is 35.1 Å². The molecule has 19 heavy (non-hydrogen) atoms. The molecule has 4 heteroatoms. The molecule has 1 spiro atoms. The Hall–Kier alpha value is 0.620. The summed E-state index contributed by atoms with van der Waals surface area (Å²) < 4.78 is 6.12. The van der Waals surface area contributed by atoms with E-state index < -0.39 is 0 Å². The fourth-order valence-corrected chi connectivity index (χ4v) is 5.95. The molecule has 110 valence electrons. The van der Waals surface area contributed by atoms with E-state index in [1.54, 1.807) is 0 Å². The maximum atomic E-state index is 6.12. The summed E-state index contributed by atoms with van der Waals surface area (Å²) in [6.07, 6.45) is 11.6. The lowest BCUT2D eigenvalue weighted by Crippen LogP contribution is -2.50. The highest BCUT2D eigenvalue weighted by molar-refractivity contribution is 7.99. The molecule has 1 aliphatic carbocycles. The standard InChI is InChI=1S/C15H27NOS2/c1-18-14-4-2-12(3-5-14)16-13-6-8-17-15(10-13)7-9-19-11-15/h12-14,16H,2-11H2,1H3. The van der Waals surface area contributed by atoms with Crippen molar-refractivity contribution in [1.29, 1.82) is 0 Å². The van der Waals surface area contributed by atoms with Crippen LogP contribution in [0, 0.1) is 0 Å². The summed E-state index contributed by atoms with van der Waals surface area (Å²) in [5.74, 6) is 2.52. The van der Waals surface area contributed by atoms with Gasteiger partial charge in [0.25, 0.3) is 0 Å². The van der Waals surface area contributed by atoms with Crippen molar-refractivity contribution in [2.45, 2.75) is 67.9 Å². The minimum absolute atomic E-state index is 0.233. The first-order chi connectivity index (χ1) is 9.30. The Morgan fingerprint density at radius 3 is 2.68 bits per heavy atom. The van der Waals surface area contributed by atoms with E-state index >= 15 is 0 Å². The zero-order valence-corrected chi connectivity index (χ0v) is 13.7. The predicted octanol–water partition coefficient (Wildman–Crippen LogP) is 3.30. The Bertz CT molecular complexity index is 286. The molecule has 0 aromatic heterocycles. The van der Waals surface area contributed by atoms with Crippen molar-refractivity contribution < 1.29 is 4.74 Å². The van der Waals surface area contributed by atoms with Gasteiger partial charge in [-0.2, -0.15) is 23.5 Å². The van der Waals surface area contributed by atoms with Crippen LogP contribution in [0.5, 0.6) is 0 Å². The summed E-state index contributed by atoms with van der Waals surface area (Å²) in [5, 5.41) is 4.88. The highest BCUT2D eigenvalue weighted by atomic mass is 32.2. The normalized spacial score (nSPS) is 43.7.